The smallest absolute Gasteiger partial charge is 0.198 e. The molecule has 1 saturated heterocycles. The van der Waals surface area contributed by atoms with Gasteiger partial charge in [0.05, 0.1) is 30.9 Å². The van der Waals surface area contributed by atoms with E-state index in [-0.39, 0.29) is 40.6 Å². The molecule has 2 aliphatic rings. The molecule has 1 fully saturated rings. The van der Waals surface area contributed by atoms with Crippen molar-refractivity contribution in [3.05, 3.63) is 58.1 Å². The molecule has 4 rings (SSSR count). The van der Waals surface area contributed by atoms with E-state index in [0.717, 1.165) is 39.3 Å². The summed E-state index contributed by atoms with van der Waals surface area (Å²) >= 11 is 0. The zero-order valence-corrected chi connectivity index (χ0v) is 16.1. The van der Waals surface area contributed by atoms with Crippen LogP contribution in [0.1, 0.15) is 43.8 Å². The number of fused-ring (bicyclic) bond motifs is 2. The van der Waals surface area contributed by atoms with Gasteiger partial charge >= 0.3 is 0 Å². The summed E-state index contributed by atoms with van der Waals surface area (Å²) in [6.45, 7) is 4.56. The van der Waals surface area contributed by atoms with Gasteiger partial charge in [-0.3, -0.25) is 14.5 Å². The minimum atomic E-state index is -0.388. The van der Waals surface area contributed by atoms with Gasteiger partial charge in [0.25, 0.3) is 0 Å². The first kappa shape index (κ1) is 19.6. The predicted molar refractivity (Wildman–Crippen MR) is 107 cm³/mol. The fraction of sp³-hybridized carbons (Fsp3) is 0.364. The van der Waals surface area contributed by atoms with Crippen LogP contribution in [0, 0.1) is 0 Å². The minimum Gasteiger partial charge on any atom is -0.507 e. The van der Waals surface area contributed by atoms with Crippen LogP contribution in [0.4, 0.5) is 0 Å². The molecule has 0 saturated carbocycles. The van der Waals surface area contributed by atoms with Gasteiger partial charge in [-0.05, 0) is 12.5 Å². The lowest BCUT2D eigenvalue weighted by molar-refractivity contribution is 0.0357. The number of rotatable bonds is 6. The van der Waals surface area contributed by atoms with Crippen LogP contribution < -0.4 is 10.5 Å². The fourth-order valence-corrected chi connectivity index (χ4v) is 3.86. The molecule has 7 nitrogen and oxygen atoms in total. The van der Waals surface area contributed by atoms with E-state index in [2.05, 4.69) is 4.90 Å². The van der Waals surface area contributed by atoms with Crippen molar-refractivity contribution in [2.24, 2.45) is 5.73 Å². The van der Waals surface area contributed by atoms with Gasteiger partial charge in [-0.15, -0.1) is 0 Å². The number of carbonyl (C=O) groups is 2. The fourth-order valence-electron chi connectivity index (χ4n) is 3.86. The molecule has 0 unspecified atom stereocenters. The van der Waals surface area contributed by atoms with Crippen LogP contribution in [0.3, 0.4) is 0 Å². The second-order valence-electron chi connectivity index (χ2n) is 7.20. The molecule has 0 spiro atoms. The third-order valence-electron chi connectivity index (χ3n) is 5.41. The van der Waals surface area contributed by atoms with Crippen molar-refractivity contribution in [1.29, 1.82) is 0 Å². The highest BCUT2D eigenvalue weighted by atomic mass is 16.5. The molecule has 0 aromatic heterocycles. The molecule has 152 valence electrons. The first-order valence-electron chi connectivity index (χ1n) is 9.82. The summed E-state index contributed by atoms with van der Waals surface area (Å²) in [5, 5.41) is 10.6. The Hall–Kier alpha value is -2.74. The summed E-state index contributed by atoms with van der Waals surface area (Å²) in [5.74, 6) is -0.650. The van der Waals surface area contributed by atoms with Crippen molar-refractivity contribution in [3.63, 3.8) is 0 Å². The number of ketones is 2. The van der Waals surface area contributed by atoms with Crippen LogP contribution in [0.5, 0.6) is 11.5 Å². The number of morpholine rings is 1. The number of nitrogens with two attached hydrogens (primary N) is 1. The second-order valence-corrected chi connectivity index (χ2v) is 7.20. The maximum absolute atomic E-state index is 13.1. The number of hydrogen-bond donors (Lipinski definition) is 2. The molecule has 3 N–H and O–H groups in total. The lowest BCUT2D eigenvalue weighted by Crippen LogP contribution is -2.37. The normalized spacial score (nSPS) is 16.4. The van der Waals surface area contributed by atoms with Crippen molar-refractivity contribution < 1.29 is 24.2 Å². The first-order valence-corrected chi connectivity index (χ1v) is 9.82. The van der Waals surface area contributed by atoms with Gasteiger partial charge in [-0.25, -0.2) is 0 Å². The highest BCUT2D eigenvalue weighted by Gasteiger charge is 2.35. The third kappa shape index (κ3) is 3.64. The van der Waals surface area contributed by atoms with Gasteiger partial charge in [0.1, 0.15) is 11.5 Å². The first-order chi connectivity index (χ1) is 14.1. The number of phenolic OH excluding ortho intramolecular Hbond substituents is 1. The highest BCUT2D eigenvalue weighted by molar-refractivity contribution is 6.30. The molecule has 0 atom stereocenters. The summed E-state index contributed by atoms with van der Waals surface area (Å²) in [7, 11) is 0. The molecule has 1 aliphatic heterocycles. The minimum absolute atomic E-state index is 0.0140. The van der Waals surface area contributed by atoms with Crippen LogP contribution in [0.15, 0.2) is 30.3 Å². The number of carbonyl (C=O) groups excluding carboxylic acids is 2. The Morgan fingerprint density at radius 2 is 1.72 bits per heavy atom. The lowest BCUT2D eigenvalue weighted by Gasteiger charge is -2.26. The molecule has 1 aliphatic carbocycles. The number of ether oxygens (including phenoxy) is 2. The molecule has 2 aromatic carbocycles. The molecular formula is C22H24N2O5. The second kappa shape index (κ2) is 8.32. The van der Waals surface area contributed by atoms with Gasteiger partial charge in [-0.2, -0.15) is 0 Å². The molecule has 29 heavy (non-hydrogen) atoms. The van der Waals surface area contributed by atoms with E-state index >= 15 is 0 Å². The Morgan fingerprint density at radius 1 is 1.07 bits per heavy atom. The van der Waals surface area contributed by atoms with Gasteiger partial charge < -0.3 is 20.3 Å². The topological polar surface area (TPSA) is 102 Å². The number of benzene rings is 2. The van der Waals surface area contributed by atoms with Gasteiger partial charge in [0.2, 0.25) is 0 Å². The lowest BCUT2D eigenvalue weighted by atomic mass is 9.82. The number of aromatic hydroxyl groups is 1. The van der Waals surface area contributed by atoms with E-state index in [4.69, 9.17) is 15.2 Å². The van der Waals surface area contributed by atoms with E-state index in [0.29, 0.717) is 23.5 Å². The Balaban J connectivity index is 1.61. The molecule has 1 heterocycles. The third-order valence-corrected chi connectivity index (χ3v) is 5.41. The Morgan fingerprint density at radius 3 is 2.38 bits per heavy atom. The highest BCUT2D eigenvalue weighted by Crippen LogP contribution is 2.40. The average molecular weight is 396 g/mol. The summed E-state index contributed by atoms with van der Waals surface area (Å²) < 4.78 is 11.3. The van der Waals surface area contributed by atoms with Crippen LogP contribution in [-0.4, -0.2) is 61.0 Å². The summed E-state index contributed by atoms with van der Waals surface area (Å²) in [5.41, 5.74) is 6.84. The van der Waals surface area contributed by atoms with E-state index in [1.807, 2.05) is 0 Å². The number of hydrogen-bond acceptors (Lipinski definition) is 7. The van der Waals surface area contributed by atoms with Gasteiger partial charge in [0, 0.05) is 42.9 Å². The molecule has 7 heteroatoms. The Kier molecular flexibility index (Phi) is 5.62. The van der Waals surface area contributed by atoms with Crippen LogP contribution in [0.2, 0.25) is 0 Å². The van der Waals surface area contributed by atoms with Crippen molar-refractivity contribution in [2.75, 3.05) is 39.5 Å². The van der Waals surface area contributed by atoms with Crippen molar-refractivity contribution in [3.8, 4) is 11.5 Å². The Labute approximate surface area is 169 Å². The van der Waals surface area contributed by atoms with Crippen molar-refractivity contribution >= 4 is 11.6 Å². The molecule has 2 aromatic rings. The van der Waals surface area contributed by atoms with Crippen LogP contribution in [-0.2, 0) is 11.3 Å². The quantitative estimate of drug-likeness (QED) is 0.612. The van der Waals surface area contributed by atoms with Crippen LogP contribution in [0.25, 0.3) is 0 Å². The largest absolute Gasteiger partial charge is 0.507 e. The van der Waals surface area contributed by atoms with E-state index in [9.17, 15) is 14.7 Å². The summed E-state index contributed by atoms with van der Waals surface area (Å²) in [6.07, 6.45) is 0.770. The van der Waals surface area contributed by atoms with E-state index in [1.165, 1.54) is 0 Å². The molecule has 0 radical (unpaired) electrons. The number of phenols is 1. The monoisotopic (exact) mass is 396 g/mol. The van der Waals surface area contributed by atoms with E-state index < -0.39 is 0 Å². The summed E-state index contributed by atoms with van der Waals surface area (Å²) in [6, 6.07) is 8.19. The van der Waals surface area contributed by atoms with Gasteiger partial charge in [-0.1, -0.05) is 24.3 Å². The SMILES string of the molecule is NCc1cc(OCCCN2CCOCC2)c2c(c1O)C(=O)c1ccccc1C2=O. The van der Waals surface area contributed by atoms with Crippen molar-refractivity contribution in [1.82, 2.24) is 4.90 Å². The number of nitrogens with zero attached hydrogens (tertiary/aromatic N) is 1. The van der Waals surface area contributed by atoms with Crippen molar-refractivity contribution in [2.45, 2.75) is 13.0 Å². The molecule has 0 bridgehead atoms. The van der Waals surface area contributed by atoms with E-state index in [1.54, 1.807) is 30.3 Å². The van der Waals surface area contributed by atoms with Crippen LogP contribution >= 0.6 is 0 Å². The zero-order chi connectivity index (χ0) is 20.4. The predicted octanol–water partition coefficient (Wildman–Crippen LogP) is 1.73. The maximum atomic E-state index is 13.1. The summed E-state index contributed by atoms with van der Waals surface area (Å²) in [4.78, 5) is 28.4. The Bertz CT molecular complexity index is 950. The maximum Gasteiger partial charge on any atom is 0.198 e. The molecule has 0 amide bonds. The van der Waals surface area contributed by atoms with Gasteiger partial charge in [0.15, 0.2) is 11.6 Å². The standard InChI is InChI=1S/C22H24N2O5/c23-13-14-12-17(29-9-3-6-24-7-10-28-11-8-24)18-19(20(14)25)22(27)16-5-2-1-4-15(16)21(18)26/h1-2,4-5,12,25H,3,6-11,13,23H2. The average Bonchev–Trinajstić information content (AvgIpc) is 2.76. The zero-order valence-electron chi connectivity index (χ0n) is 16.1. The molecular weight excluding hydrogens is 372 g/mol.